The van der Waals surface area contributed by atoms with E-state index >= 15 is 0 Å². The number of rotatable bonds is 6. The zero-order valence-electron chi connectivity index (χ0n) is 19.8. The first kappa shape index (κ1) is 23.2. The van der Waals surface area contributed by atoms with Gasteiger partial charge in [-0.15, -0.1) is 0 Å². The van der Waals surface area contributed by atoms with Crippen molar-refractivity contribution in [2.75, 3.05) is 40.0 Å². The van der Waals surface area contributed by atoms with Crippen molar-refractivity contribution in [2.24, 2.45) is 0 Å². The summed E-state index contributed by atoms with van der Waals surface area (Å²) in [6.07, 6.45) is 1.65. The van der Waals surface area contributed by atoms with E-state index in [0.29, 0.717) is 58.1 Å². The number of hydrogen-bond acceptors (Lipinski definition) is 6. The van der Waals surface area contributed by atoms with E-state index in [9.17, 15) is 9.59 Å². The van der Waals surface area contributed by atoms with Crippen LogP contribution >= 0.6 is 0 Å². The van der Waals surface area contributed by atoms with Crippen molar-refractivity contribution in [3.8, 4) is 0 Å². The van der Waals surface area contributed by atoms with Gasteiger partial charge >= 0.3 is 0 Å². The number of carbonyl (C=O) groups excluding carboxylic acids is 2. The molecule has 9 nitrogen and oxygen atoms in total. The predicted octanol–water partition coefficient (Wildman–Crippen LogP) is 2.07. The van der Waals surface area contributed by atoms with Gasteiger partial charge in [-0.3, -0.25) is 19.3 Å². The van der Waals surface area contributed by atoms with E-state index in [4.69, 9.17) is 14.6 Å². The molecule has 2 amide bonds. The molecule has 1 atom stereocenters. The van der Waals surface area contributed by atoms with Crippen molar-refractivity contribution in [1.29, 1.82) is 0 Å². The molecule has 4 heterocycles. The summed E-state index contributed by atoms with van der Waals surface area (Å²) in [4.78, 5) is 34.9. The number of aromatic nitrogens is 3. The SMILES string of the molecule is COC(C(=O)N1CCc2c(c(C(=O)N3CCOCC3)nn2Cc2ccccn2)C1)c1ccccc1. The van der Waals surface area contributed by atoms with Crippen molar-refractivity contribution in [3.63, 3.8) is 0 Å². The van der Waals surface area contributed by atoms with Gasteiger partial charge in [-0.25, -0.2) is 0 Å². The van der Waals surface area contributed by atoms with Crippen LogP contribution in [0, 0.1) is 0 Å². The molecule has 0 bridgehead atoms. The maximum Gasteiger partial charge on any atom is 0.274 e. The molecule has 2 aliphatic heterocycles. The summed E-state index contributed by atoms with van der Waals surface area (Å²) < 4.78 is 12.9. The minimum absolute atomic E-state index is 0.119. The summed E-state index contributed by atoms with van der Waals surface area (Å²) in [5, 5.41) is 4.75. The van der Waals surface area contributed by atoms with E-state index < -0.39 is 6.10 Å². The molecule has 0 aliphatic carbocycles. The van der Waals surface area contributed by atoms with Gasteiger partial charge < -0.3 is 19.3 Å². The third kappa shape index (κ3) is 4.82. The van der Waals surface area contributed by atoms with E-state index in [1.165, 1.54) is 0 Å². The Balaban J connectivity index is 1.45. The van der Waals surface area contributed by atoms with Crippen LogP contribution in [0.4, 0.5) is 0 Å². The van der Waals surface area contributed by atoms with Crippen LogP contribution in [-0.4, -0.2) is 76.3 Å². The number of nitrogens with zero attached hydrogens (tertiary/aromatic N) is 5. The molecule has 0 spiro atoms. The molecule has 3 aromatic rings. The number of ether oxygens (including phenoxy) is 2. The van der Waals surface area contributed by atoms with Crippen LogP contribution in [0.3, 0.4) is 0 Å². The minimum atomic E-state index is -0.695. The summed E-state index contributed by atoms with van der Waals surface area (Å²) in [6, 6.07) is 15.2. The second-order valence-electron chi connectivity index (χ2n) is 8.69. The molecule has 1 unspecified atom stereocenters. The van der Waals surface area contributed by atoms with Gasteiger partial charge in [0.05, 0.1) is 25.5 Å². The Morgan fingerprint density at radius 3 is 2.51 bits per heavy atom. The second-order valence-corrected chi connectivity index (χ2v) is 8.69. The maximum atomic E-state index is 13.5. The lowest BCUT2D eigenvalue weighted by molar-refractivity contribution is -0.143. The molecule has 9 heteroatoms. The first-order valence-corrected chi connectivity index (χ1v) is 11.9. The quantitative estimate of drug-likeness (QED) is 0.542. The molecule has 1 saturated heterocycles. The molecular formula is C26H29N5O4. The van der Waals surface area contributed by atoms with Gasteiger partial charge in [-0.2, -0.15) is 5.10 Å². The van der Waals surface area contributed by atoms with Gasteiger partial charge in [-0.1, -0.05) is 36.4 Å². The van der Waals surface area contributed by atoms with Crippen LogP contribution in [0.5, 0.6) is 0 Å². The van der Waals surface area contributed by atoms with Crippen molar-refractivity contribution >= 4 is 11.8 Å². The van der Waals surface area contributed by atoms with Crippen LogP contribution in [-0.2, 0) is 33.8 Å². The maximum absolute atomic E-state index is 13.5. The van der Waals surface area contributed by atoms with Gasteiger partial charge in [0.15, 0.2) is 11.8 Å². The lowest BCUT2D eigenvalue weighted by atomic mass is 10.0. The van der Waals surface area contributed by atoms with E-state index in [0.717, 1.165) is 22.5 Å². The summed E-state index contributed by atoms with van der Waals surface area (Å²) in [7, 11) is 1.54. The summed E-state index contributed by atoms with van der Waals surface area (Å²) in [5.41, 5.74) is 3.86. The molecule has 0 saturated carbocycles. The number of methoxy groups -OCH3 is 1. The Hall–Kier alpha value is -3.56. The first-order chi connectivity index (χ1) is 17.2. The van der Waals surface area contributed by atoms with Gasteiger partial charge in [0.1, 0.15) is 0 Å². The highest BCUT2D eigenvalue weighted by Crippen LogP contribution is 2.28. The molecule has 5 rings (SSSR count). The first-order valence-electron chi connectivity index (χ1n) is 11.9. The predicted molar refractivity (Wildman–Crippen MR) is 128 cm³/mol. The van der Waals surface area contributed by atoms with Gasteiger partial charge in [-0.05, 0) is 17.7 Å². The van der Waals surface area contributed by atoms with Crippen molar-refractivity contribution in [2.45, 2.75) is 25.6 Å². The zero-order chi connectivity index (χ0) is 24.2. The van der Waals surface area contributed by atoms with E-state index in [1.807, 2.05) is 53.2 Å². The topological polar surface area (TPSA) is 89.8 Å². The second kappa shape index (κ2) is 10.4. The van der Waals surface area contributed by atoms with Crippen LogP contribution in [0.1, 0.15) is 39.1 Å². The molecule has 0 N–H and O–H groups in total. The number of carbonyl (C=O) groups is 2. The van der Waals surface area contributed by atoms with Gasteiger partial charge in [0.25, 0.3) is 11.8 Å². The highest BCUT2D eigenvalue weighted by Gasteiger charge is 2.35. The fourth-order valence-electron chi connectivity index (χ4n) is 4.72. The molecule has 182 valence electrons. The molecule has 2 aromatic heterocycles. The highest BCUT2D eigenvalue weighted by molar-refractivity contribution is 5.94. The third-order valence-electron chi connectivity index (χ3n) is 6.55. The van der Waals surface area contributed by atoms with E-state index in [2.05, 4.69) is 4.98 Å². The van der Waals surface area contributed by atoms with Gasteiger partial charge in [0, 0.05) is 57.2 Å². The molecular weight excluding hydrogens is 446 g/mol. The smallest absolute Gasteiger partial charge is 0.274 e. The van der Waals surface area contributed by atoms with Crippen LogP contribution in [0.25, 0.3) is 0 Å². The third-order valence-corrected chi connectivity index (χ3v) is 6.55. The average molecular weight is 476 g/mol. The van der Waals surface area contributed by atoms with Crippen molar-refractivity contribution in [1.82, 2.24) is 24.6 Å². The van der Waals surface area contributed by atoms with Crippen LogP contribution < -0.4 is 0 Å². The largest absolute Gasteiger partial charge is 0.378 e. The molecule has 35 heavy (non-hydrogen) atoms. The molecule has 0 radical (unpaired) electrons. The molecule has 1 aromatic carbocycles. The lowest BCUT2D eigenvalue weighted by Gasteiger charge is -2.31. The number of fused-ring (bicyclic) bond motifs is 1. The van der Waals surface area contributed by atoms with Gasteiger partial charge in [0.2, 0.25) is 0 Å². The number of pyridine rings is 1. The summed E-state index contributed by atoms with van der Waals surface area (Å²) >= 11 is 0. The van der Waals surface area contributed by atoms with Crippen molar-refractivity contribution < 1.29 is 19.1 Å². The Bertz CT molecular complexity index is 1180. The molecule has 1 fully saturated rings. The normalized spacial score (nSPS) is 16.6. The molecule has 2 aliphatic rings. The monoisotopic (exact) mass is 475 g/mol. The Kier molecular flexibility index (Phi) is 6.87. The number of benzene rings is 1. The fraction of sp³-hybridized carbons (Fsp3) is 0.385. The van der Waals surface area contributed by atoms with Crippen LogP contribution in [0.15, 0.2) is 54.7 Å². The average Bonchev–Trinajstić information content (AvgIpc) is 3.27. The van der Waals surface area contributed by atoms with Crippen molar-refractivity contribution in [3.05, 3.63) is 82.9 Å². The Morgan fingerprint density at radius 2 is 1.80 bits per heavy atom. The fourth-order valence-corrected chi connectivity index (χ4v) is 4.72. The van der Waals surface area contributed by atoms with Crippen LogP contribution in [0.2, 0.25) is 0 Å². The number of amides is 2. The minimum Gasteiger partial charge on any atom is -0.378 e. The zero-order valence-corrected chi connectivity index (χ0v) is 19.8. The van der Waals surface area contributed by atoms with E-state index in [-0.39, 0.29) is 11.8 Å². The lowest BCUT2D eigenvalue weighted by Crippen LogP contribution is -2.42. The standard InChI is InChI=1S/C26H29N5O4/c1-34-24(19-7-3-2-4-8-19)26(33)30-12-10-22-21(18-30)23(25(32)29-13-15-35-16-14-29)28-31(22)17-20-9-5-6-11-27-20/h2-9,11,24H,10,12-18H2,1H3. The Labute approximate surface area is 204 Å². The number of morpholine rings is 1. The number of hydrogen-bond donors (Lipinski definition) is 0. The van der Waals surface area contributed by atoms with E-state index in [1.54, 1.807) is 23.1 Å². The summed E-state index contributed by atoms with van der Waals surface area (Å²) in [6.45, 7) is 3.40. The highest BCUT2D eigenvalue weighted by atomic mass is 16.5. The Morgan fingerprint density at radius 1 is 1.03 bits per heavy atom. The summed E-state index contributed by atoms with van der Waals surface area (Å²) in [5.74, 6) is -0.239.